The van der Waals surface area contributed by atoms with E-state index in [2.05, 4.69) is 17.2 Å². The number of hydrogen-bond acceptors (Lipinski definition) is 3. The first kappa shape index (κ1) is 12.5. The van der Waals surface area contributed by atoms with Gasteiger partial charge in [0.05, 0.1) is 12.7 Å². The summed E-state index contributed by atoms with van der Waals surface area (Å²) in [6.07, 6.45) is 3.04. The van der Waals surface area contributed by atoms with E-state index in [1.807, 2.05) is 6.92 Å². The maximum absolute atomic E-state index is 9.52. The van der Waals surface area contributed by atoms with Crippen molar-refractivity contribution in [1.82, 2.24) is 5.32 Å². The SMILES string of the molecule is CC#CCCNCC(O)COCC1CC1. The maximum Gasteiger partial charge on any atom is 0.0897 e. The largest absolute Gasteiger partial charge is 0.389 e. The van der Waals surface area contributed by atoms with Gasteiger partial charge in [0.1, 0.15) is 0 Å². The fourth-order valence-electron chi connectivity index (χ4n) is 1.26. The van der Waals surface area contributed by atoms with Crippen LogP contribution in [-0.2, 0) is 4.74 Å². The number of nitrogens with one attached hydrogen (secondary N) is 1. The van der Waals surface area contributed by atoms with Gasteiger partial charge in [-0.1, -0.05) is 0 Å². The van der Waals surface area contributed by atoms with Crippen LogP contribution in [0.2, 0.25) is 0 Å². The highest BCUT2D eigenvalue weighted by Crippen LogP contribution is 2.28. The third kappa shape index (κ3) is 7.38. The molecule has 0 radical (unpaired) electrons. The van der Waals surface area contributed by atoms with Crippen molar-refractivity contribution in [3.05, 3.63) is 0 Å². The van der Waals surface area contributed by atoms with Crippen LogP contribution in [0.25, 0.3) is 0 Å². The summed E-state index contributed by atoms with van der Waals surface area (Å²) in [5, 5.41) is 12.7. The Hall–Kier alpha value is -0.560. The third-order valence-electron chi connectivity index (χ3n) is 2.34. The van der Waals surface area contributed by atoms with Crippen molar-refractivity contribution >= 4 is 0 Å². The fourth-order valence-corrected chi connectivity index (χ4v) is 1.26. The lowest BCUT2D eigenvalue weighted by Crippen LogP contribution is -2.31. The molecule has 0 spiro atoms. The molecular weight excluding hydrogens is 190 g/mol. The lowest BCUT2D eigenvalue weighted by molar-refractivity contribution is 0.0327. The molecule has 1 fully saturated rings. The zero-order valence-corrected chi connectivity index (χ0v) is 9.46. The van der Waals surface area contributed by atoms with Gasteiger partial charge in [-0.2, -0.15) is 0 Å². The zero-order chi connectivity index (χ0) is 10.9. The molecule has 1 saturated carbocycles. The van der Waals surface area contributed by atoms with Gasteiger partial charge in [0.2, 0.25) is 0 Å². The molecule has 0 heterocycles. The summed E-state index contributed by atoms with van der Waals surface area (Å²) in [6.45, 7) is 4.53. The van der Waals surface area contributed by atoms with Crippen LogP contribution < -0.4 is 5.32 Å². The Morgan fingerprint density at radius 1 is 1.53 bits per heavy atom. The van der Waals surface area contributed by atoms with Crippen LogP contribution in [0.3, 0.4) is 0 Å². The second-order valence-corrected chi connectivity index (χ2v) is 4.02. The molecule has 0 bridgehead atoms. The van der Waals surface area contributed by atoms with E-state index in [1.54, 1.807) is 0 Å². The Kier molecular flexibility index (Phi) is 6.42. The molecule has 1 rings (SSSR count). The van der Waals surface area contributed by atoms with Crippen molar-refractivity contribution < 1.29 is 9.84 Å². The quantitative estimate of drug-likeness (QED) is 0.460. The van der Waals surface area contributed by atoms with Gasteiger partial charge >= 0.3 is 0 Å². The number of aliphatic hydroxyl groups is 1. The van der Waals surface area contributed by atoms with Crippen LogP contribution in [0.1, 0.15) is 26.2 Å². The molecule has 0 aliphatic heterocycles. The predicted octanol–water partition coefficient (Wildman–Crippen LogP) is 0.777. The summed E-state index contributed by atoms with van der Waals surface area (Å²) in [5.74, 6) is 6.56. The van der Waals surface area contributed by atoms with Gasteiger partial charge in [0.25, 0.3) is 0 Å². The van der Waals surface area contributed by atoms with Gasteiger partial charge in [-0.3, -0.25) is 0 Å². The summed E-state index contributed by atoms with van der Waals surface area (Å²) in [6, 6.07) is 0. The minimum atomic E-state index is -0.390. The Morgan fingerprint density at radius 2 is 2.33 bits per heavy atom. The molecule has 0 aromatic rings. The highest BCUT2D eigenvalue weighted by molar-refractivity contribution is 4.95. The molecule has 0 aromatic carbocycles. The molecule has 0 aromatic heterocycles. The fraction of sp³-hybridized carbons (Fsp3) is 0.833. The molecule has 3 nitrogen and oxygen atoms in total. The van der Waals surface area contributed by atoms with E-state index in [4.69, 9.17) is 4.74 Å². The first-order valence-electron chi connectivity index (χ1n) is 5.69. The number of ether oxygens (including phenoxy) is 1. The first-order chi connectivity index (χ1) is 7.33. The Balaban J connectivity index is 1.83. The lowest BCUT2D eigenvalue weighted by atomic mass is 10.3. The monoisotopic (exact) mass is 211 g/mol. The third-order valence-corrected chi connectivity index (χ3v) is 2.34. The summed E-state index contributed by atoms with van der Waals surface area (Å²) < 4.78 is 5.38. The normalized spacial score (nSPS) is 16.9. The van der Waals surface area contributed by atoms with Crippen LogP contribution in [0.4, 0.5) is 0 Å². The van der Waals surface area contributed by atoms with Crippen molar-refractivity contribution in [1.29, 1.82) is 0 Å². The van der Waals surface area contributed by atoms with Gasteiger partial charge < -0.3 is 15.2 Å². The first-order valence-corrected chi connectivity index (χ1v) is 5.69. The number of hydrogen-bond donors (Lipinski definition) is 2. The summed E-state index contributed by atoms with van der Waals surface area (Å²) in [5.41, 5.74) is 0. The Bertz CT molecular complexity index is 215. The summed E-state index contributed by atoms with van der Waals surface area (Å²) in [7, 11) is 0. The minimum absolute atomic E-state index is 0.390. The van der Waals surface area contributed by atoms with E-state index >= 15 is 0 Å². The molecule has 15 heavy (non-hydrogen) atoms. The standard InChI is InChI=1S/C12H21NO2/c1-2-3-4-7-13-8-12(14)10-15-9-11-5-6-11/h11-14H,4-10H2,1H3. The van der Waals surface area contributed by atoms with Crippen LogP contribution in [-0.4, -0.2) is 37.5 Å². The van der Waals surface area contributed by atoms with Gasteiger partial charge in [-0.05, 0) is 25.7 Å². The number of aliphatic hydroxyl groups excluding tert-OH is 1. The molecule has 1 unspecified atom stereocenters. The average Bonchev–Trinajstić information content (AvgIpc) is 3.01. The molecule has 2 N–H and O–H groups in total. The molecule has 1 atom stereocenters. The van der Waals surface area contributed by atoms with E-state index in [0.717, 1.165) is 25.5 Å². The van der Waals surface area contributed by atoms with E-state index in [0.29, 0.717) is 13.2 Å². The van der Waals surface area contributed by atoms with Crippen molar-refractivity contribution in [2.75, 3.05) is 26.3 Å². The highest BCUT2D eigenvalue weighted by atomic mass is 16.5. The van der Waals surface area contributed by atoms with Gasteiger partial charge in [-0.15, -0.1) is 11.8 Å². The smallest absolute Gasteiger partial charge is 0.0897 e. The molecule has 86 valence electrons. The van der Waals surface area contributed by atoms with E-state index in [9.17, 15) is 5.11 Å². The molecule has 0 saturated heterocycles. The van der Waals surface area contributed by atoms with Crippen molar-refractivity contribution in [3.63, 3.8) is 0 Å². The highest BCUT2D eigenvalue weighted by Gasteiger charge is 2.21. The molecule has 1 aliphatic carbocycles. The van der Waals surface area contributed by atoms with E-state index in [-0.39, 0.29) is 0 Å². The molecule has 3 heteroatoms. The topological polar surface area (TPSA) is 41.5 Å². The second kappa shape index (κ2) is 7.70. The van der Waals surface area contributed by atoms with Gasteiger partial charge in [-0.25, -0.2) is 0 Å². The molecule has 0 amide bonds. The molecular formula is C12H21NO2. The van der Waals surface area contributed by atoms with Crippen molar-refractivity contribution in [2.24, 2.45) is 5.92 Å². The maximum atomic E-state index is 9.52. The van der Waals surface area contributed by atoms with Gasteiger partial charge in [0, 0.05) is 26.1 Å². The Morgan fingerprint density at radius 3 is 3.00 bits per heavy atom. The molecule has 1 aliphatic rings. The van der Waals surface area contributed by atoms with Crippen LogP contribution in [0.15, 0.2) is 0 Å². The lowest BCUT2D eigenvalue weighted by Gasteiger charge is -2.11. The van der Waals surface area contributed by atoms with Crippen LogP contribution in [0.5, 0.6) is 0 Å². The Labute approximate surface area is 92.2 Å². The van der Waals surface area contributed by atoms with Crippen LogP contribution in [0, 0.1) is 17.8 Å². The zero-order valence-electron chi connectivity index (χ0n) is 9.46. The van der Waals surface area contributed by atoms with Crippen molar-refractivity contribution in [2.45, 2.75) is 32.3 Å². The van der Waals surface area contributed by atoms with Gasteiger partial charge in [0.15, 0.2) is 0 Å². The van der Waals surface area contributed by atoms with Crippen LogP contribution >= 0.6 is 0 Å². The van der Waals surface area contributed by atoms with E-state index < -0.39 is 6.10 Å². The van der Waals surface area contributed by atoms with Crippen molar-refractivity contribution in [3.8, 4) is 11.8 Å². The minimum Gasteiger partial charge on any atom is -0.389 e. The van der Waals surface area contributed by atoms with E-state index in [1.165, 1.54) is 12.8 Å². The average molecular weight is 211 g/mol. The summed E-state index contributed by atoms with van der Waals surface area (Å²) in [4.78, 5) is 0. The predicted molar refractivity (Wildman–Crippen MR) is 60.5 cm³/mol. The number of rotatable bonds is 8. The summed E-state index contributed by atoms with van der Waals surface area (Å²) >= 11 is 0. The second-order valence-electron chi connectivity index (χ2n) is 4.02.